The van der Waals surface area contributed by atoms with Gasteiger partial charge in [-0.25, -0.2) is 0 Å². The van der Waals surface area contributed by atoms with Crippen LogP contribution in [0.2, 0.25) is 0 Å². The first kappa shape index (κ1) is 12.5. The molecule has 0 spiro atoms. The molecule has 15 heavy (non-hydrogen) atoms. The smallest absolute Gasteiger partial charge is 0.304 e. The van der Waals surface area contributed by atoms with Crippen molar-refractivity contribution in [1.82, 2.24) is 4.90 Å². The number of carboxylic acids is 1. The van der Waals surface area contributed by atoms with E-state index in [2.05, 4.69) is 11.8 Å². The molecule has 2 unspecified atom stereocenters. The highest BCUT2D eigenvalue weighted by atomic mass is 16.4. The van der Waals surface area contributed by atoms with Gasteiger partial charge in [-0.3, -0.25) is 9.69 Å². The van der Waals surface area contributed by atoms with Crippen molar-refractivity contribution < 1.29 is 9.90 Å². The van der Waals surface area contributed by atoms with E-state index >= 15 is 0 Å². The molecule has 0 heterocycles. The minimum absolute atomic E-state index is 0.238. The molecule has 4 heteroatoms. The summed E-state index contributed by atoms with van der Waals surface area (Å²) < 4.78 is 0. The number of rotatable bonds is 6. The summed E-state index contributed by atoms with van der Waals surface area (Å²) in [6.07, 6.45) is 3.85. The average Bonchev–Trinajstić information content (AvgIpc) is 2.66. The van der Waals surface area contributed by atoms with Crippen LogP contribution in [0.5, 0.6) is 0 Å². The molecule has 1 rings (SSSR count). The van der Waals surface area contributed by atoms with Gasteiger partial charge in [-0.2, -0.15) is 0 Å². The number of hydrogen-bond acceptors (Lipinski definition) is 3. The first-order valence-corrected chi connectivity index (χ1v) is 5.85. The Balaban J connectivity index is 2.45. The van der Waals surface area contributed by atoms with E-state index in [-0.39, 0.29) is 6.42 Å². The lowest BCUT2D eigenvalue weighted by molar-refractivity contribution is -0.137. The van der Waals surface area contributed by atoms with Crippen molar-refractivity contribution >= 4 is 5.97 Å². The summed E-state index contributed by atoms with van der Waals surface area (Å²) in [7, 11) is 0. The molecule has 0 aromatic rings. The summed E-state index contributed by atoms with van der Waals surface area (Å²) in [5.74, 6) is -0.144. The summed E-state index contributed by atoms with van der Waals surface area (Å²) in [5.41, 5.74) is 5.73. The third-order valence-electron chi connectivity index (χ3n) is 3.41. The molecule has 2 atom stereocenters. The standard InChI is InChI=1S/C11H22N2O2/c1-2-13(7-6-11(14)15)10-5-3-4-9(10)8-12/h9-10H,2-8,12H2,1H3,(H,14,15). The Hall–Kier alpha value is -0.610. The van der Waals surface area contributed by atoms with E-state index in [1.807, 2.05) is 0 Å². The van der Waals surface area contributed by atoms with Gasteiger partial charge in [0.2, 0.25) is 0 Å². The molecule has 0 radical (unpaired) electrons. The van der Waals surface area contributed by atoms with Crippen LogP contribution in [0, 0.1) is 5.92 Å². The predicted molar refractivity (Wildman–Crippen MR) is 59.7 cm³/mol. The van der Waals surface area contributed by atoms with Crippen molar-refractivity contribution in [3.8, 4) is 0 Å². The molecule has 0 amide bonds. The van der Waals surface area contributed by atoms with Crippen LogP contribution < -0.4 is 5.73 Å². The molecule has 1 fully saturated rings. The Morgan fingerprint density at radius 3 is 2.80 bits per heavy atom. The molecule has 0 aromatic heterocycles. The molecule has 1 aliphatic carbocycles. The van der Waals surface area contributed by atoms with E-state index < -0.39 is 5.97 Å². The first-order chi connectivity index (χ1) is 7.19. The zero-order valence-corrected chi connectivity index (χ0v) is 9.48. The van der Waals surface area contributed by atoms with E-state index in [4.69, 9.17) is 10.8 Å². The van der Waals surface area contributed by atoms with Gasteiger partial charge in [0.25, 0.3) is 0 Å². The highest BCUT2D eigenvalue weighted by molar-refractivity contribution is 5.66. The summed E-state index contributed by atoms with van der Waals surface area (Å²) in [6, 6.07) is 0.513. The van der Waals surface area contributed by atoms with Crippen LogP contribution in [0.4, 0.5) is 0 Å². The number of nitrogens with two attached hydrogens (primary N) is 1. The molecule has 0 aromatic carbocycles. The van der Waals surface area contributed by atoms with Gasteiger partial charge in [0.15, 0.2) is 0 Å². The SMILES string of the molecule is CCN(CCC(=O)O)C1CCCC1CN. The number of carbonyl (C=O) groups is 1. The molecule has 1 saturated carbocycles. The third kappa shape index (κ3) is 3.47. The Morgan fingerprint density at radius 2 is 2.27 bits per heavy atom. The van der Waals surface area contributed by atoms with Crippen LogP contribution in [-0.4, -0.2) is 41.7 Å². The van der Waals surface area contributed by atoms with E-state index in [1.54, 1.807) is 0 Å². The molecule has 88 valence electrons. The second-order valence-electron chi connectivity index (χ2n) is 4.27. The second-order valence-corrected chi connectivity index (χ2v) is 4.27. The molecule has 3 N–H and O–H groups in total. The Kier molecular flexibility index (Phi) is 5.05. The fourth-order valence-electron chi connectivity index (χ4n) is 2.57. The largest absolute Gasteiger partial charge is 0.481 e. The Morgan fingerprint density at radius 1 is 1.53 bits per heavy atom. The lowest BCUT2D eigenvalue weighted by atomic mass is 10.0. The van der Waals surface area contributed by atoms with Gasteiger partial charge in [0.1, 0.15) is 0 Å². The maximum atomic E-state index is 10.5. The summed E-state index contributed by atoms with van der Waals surface area (Å²) in [4.78, 5) is 12.8. The van der Waals surface area contributed by atoms with Crippen LogP contribution in [0.15, 0.2) is 0 Å². The number of hydrogen-bond donors (Lipinski definition) is 2. The van der Waals surface area contributed by atoms with Crippen LogP contribution >= 0.6 is 0 Å². The molecular formula is C11H22N2O2. The minimum Gasteiger partial charge on any atom is -0.481 e. The highest BCUT2D eigenvalue weighted by Gasteiger charge is 2.30. The molecule has 1 aliphatic rings. The lowest BCUT2D eigenvalue weighted by Gasteiger charge is -2.31. The van der Waals surface area contributed by atoms with Crippen molar-refractivity contribution in [3.63, 3.8) is 0 Å². The van der Waals surface area contributed by atoms with Crippen molar-refractivity contribution in [2.24, 2.45) is 11.7 Å². The topological polar surface area (TPSA) is 66.6 Å². The van der Waals surface area contributed by atoms with Gasteiger partial charge >= 0.3 is 5.97 Å². The fourth-order valence-corrected chi connectivity index (χ4v) is 2.57. The van der Waals surface area contributed by atoms with Gasteiger partial charge in [0.05, 0.1) is 6.42 Å². The zero-order chi connectivity index (χ0) is 11.3. The van der Waals surface area contributed by atoms with Crippen molar-refractivity contribution in [2.45, 2.75) is 38.6 Å². The average molecular weight is 214 g/mol. The quantitative estimate of drug-likeness (QED) is 0.689. The minimum atomic E-state index is -0.712. The third-order valence-corrected chi connectivity index (χ3v) is 3.41. The van der Waals surface area contributed by atoms with Crippen LogP contribution in [-0.2, 0) is 4.79 Å². The van der Waals surface area contributed by atoms with Crippen LogP contribution in [0.3, 0.4) is 0 Å². The lowest BCUT2D eigenvalue weighted by Crippen LogP contribution is -2.41. The van der Waals surface area contributed by atoms with E-state index in [1.165, 1.54) is 19.3 Å². The van der Waals surface area contributed by atoms with Gasteiger partial charge in [-0.1, -0.05) is 13.3 Å². The van der Waals surface area contributed by atoms with Crippen molar-refractivity contribution in [1.29, 1.82) is 0 Å². The van der Waals surface area contributed by atoms with Gasteiger partial charge < -0.3 is 10.8 Å². The molecule has 0 aliphatic heterocycles. The summed E-state index contributed by atoms with van der Waals surface area (Å²) >= 11 is 0. The first-order valence-electron chi connectivity index (χ1n) is 5.85. The molecule has 0 saturated heterocycles. The van der Waals surface area contributed by atoms with E-state index in [0.29, 0.717) is 18.5 Å². The highest BCUT2D eigenvalue weighted by Crippen LogP contribution is 2.29. The summed E-state index contributed by atoms with van der Waals surface area (Å²) in [5, 5.41) is 8.67. The van der Waals surface area contributed by atoms with E-state index in [0.717, 1.165) is 13.1 Å². The Bertz CT molecular complexity index is 209. The maximum Gasteiger partial charge on any atom is 0.304 e. The molecular weight excluding hydrogens is 192 g/mol. The van der Waals surface area contributed by atoms with Crippen molar-refractivity contribution in [3.05, 3.63) is 0 Å². The normalized spacial score (nSPS) is 26.1. The monoisotopic (exact) mass is 214 g/mol. The summed E-state index contributed by atoms with van der Waals surface area (Å²) in [6.45, 7) is 4.41. The number of carboxylic acid groups (broad SMARTS) is 1. The maximum absolute atomic E-state index is 10.5. The van der Waals surface area contributed by atoms with Gasteiger partial charge in [0, 0.05) is 12.6 Å². The van der Waals surface area contributed by atoms with Gasteiger partial charge in [-0.15, -0.1) is 0 Å². The van der Waals surface area contributed by atoms with Crippen LogP contribution in [0.25, 0.3) is 0 Å². The fraction of sp³-hybridized carbons (Fsp3) is 0.909. The zero-order valence-electron chi connectivity index (χ0n) is 9.48. The van der Waals surface area contributed by atoms with Gasteiger partial charge in [-0.05, 0) is 31.8 Å². The second kappa shape index (κ2) is 6.08. The van der Waals surface area contributed by atoms with E-state index in [9.17, 15) is 4.79 Å². The molecule has 4 nitrogen and oxygen atoms in total. The molecule has 0 bridgehead atoms. The number of nitrogens with zero attached hydrogens (tertiary/aromatic N) is 1. The van der Waals surface area contributed by atoms with Crippen molar-refractivity contribution in [2.75, 3.05) is 19.6 Å². The number of aliphatic carboxylic acids is 1. The Labute approximate surface area is 91.4 Å². The van der Waals surface area contributed by atoms with Crippen LogP contribution in [0.1, 0.15) is 32.6 Å². The predicted octanol–water partition coefficient (Wildman–Crippen LogP) is 0.910.